The first-order chi connectivity index (χ1) is 12.3. The molecule has 1 aromatic heterocycles. The van der Waals surface area contributed by atoms with Crippen LogP contribution < -0.4 is 0 Å². The van der Waals surface area contributed by atoms with Gasteiger partial charge in [0.15, 0.2) is 11.5 Å². The molecule has 0 unspecified atom stereocenters. The number of aromatic nitrogens is 1. The Balaban J connectivity index is 2.16. The van der Waals surface area contributed by atoms with Crippen LogP contribution >= 0.6 is 0 Å². The van der Waals surface area contributed by atoms with E-state index in [-0.39, 0.29) is 5.69 Å². The largest absolute Gasteiger partial charge is 0.455 e. The van der Waals surface area contributed by atoms with Crippen molar-refractivity contribution in [2.75, 3.05) is 0 Å². The van der Waals surface area contributed by atoms with Crippen LogP contribution in [0.2, 0.25) is 0 Å². The summed E-state index contributed by atoms with van der Waals surface area (Å²) >= 11 is 0. The third-order valence-corrected chi connectivity index (χ3v) is 4.54. The third kappa shape index (κ3) is 9.40. The fourth-order valence-electron chi connectivity index (χ4n) is 3.09. The molecule has 3 nitrogen and oxygen atoms in total. The minimum absolute atomic E-state index is 0.0574. The molecule has 0 aromatic carbocycles. The topological polar surface area (TPSA) is 42.1 Å². The number of carbonyl (C=O) groups is 1. The highest BCUT2D eigenvalue weighted by Crippen LogP contribution is 2.19. The van der Waals surface area contributed by atoms with Crippen molar-refractivity contribution in [1.29, 1.82) is 0 Å². The molecule has 26 heavy (non-hydrogen) atoms. The van der Waals surface area contributed by atoms with E-state index in [1.807, 2.05) is 0 Å². The number of ether oxygens (including phenoxy) is 1. The Morgan fingerprint density at radius 3 is 1.96 bits per heavy atom. The Hall–Kier alpha value is -1.32. The summed E-state index contributed by atoms with van der Waals surface area (Å²) in [5, 5.41) is 0. The van der Waals surface area contributed by atoms with Crippen LogP contribution in [0.5, 0.6) is 0 Å². The van der Waals surface area contributed by atoms with Gasteiger partial charge in [-0.3, -0.25) is 0 Å². The Bertz CT molecular complexity index is 517. The van der Waals surface area contributed by atoms with E-state index >= 15 is 0 Å². The molecular formula is C22H38FNO2. The summed E-state index contributed by atoms with van der Waals surface area (Å²) in [5.41, 5.74) is -0.0927. The number of aryl methyl sites for hydroxylation is 1. The number of halogens is 1. The number of hydrogen-bond acceptors (Lipinski definition) is 2. The van der Waals surface area contributed by atoms with Crippen molar-refractivity contribution in [2.24, 2.45) is 0 Å². The second-order valence-electron chi connectivity index (χ2n) is 8.29. The molecule has 150 valence electrons. The molecule has 0 aliphatic rings. The predicted octanol–water partition coefficient (Wildman–Crippen LogP) is 6.96. The van der Waals surface area contributed by atoms with Crippen LogP contribution in [0.15, 0.2) is 6.20 Å². The maximum atomic E-state index is 14.3. The van der Waals surface area contributed by atoms with E-state index < -0.39 is 17.4 Å². The summed E-state index contributed by atoms with van der Waals surface area (Å²) < 4.78 is 19.5. The van der Waals surface area contributed by atoms with Crippen LogP contribution in [0.1, 0.15) is 114 Å². The summed E-state index contributed by atoms with van der Waals surface area (Å²) in [5.74, 6) is -1.08. The second kappa shape index (κ2) is 12.1. The second-order valence-corrected chi connectivity index (χ2v) is 8.29. The van der Waals surface area contributed by atoms with Crippen LogP contribution in [-0.2, 0) is 11.2 Å². The zero-order valence-electron chi connectivity index (χ0n) is 17.3. The van der Waals surface area contributed by atoms with Gasteiger partial charge in [0.25, 0.3) is 0 Å². The van der Waals surface area contributed by atoms with Gasteiger partial charge in [-0.05, 0) is 33.6 Å². The number of unbranched alkanes of at least 4 members (excludes halogenated alkanes) is 10. The zero-order valence-corrected chi connectivity index (χ0v) is 17.3. The van der Waals surface area contributed by atoms with Crippen molar-refractivity contribution in [1.82, 2.24) is 4.98 Å². The van der Waals surface area contributed by atoms with E-state index in [2.05, 4.69) is 11.9 Å². The van der Waals surface area contributed by atoms with E-state index in [9.17, 15) is 9.18 Å². The van der Waals surface area contributed by atoms with Crippen LogP contribution in [-0.4, -0.2) is 16.6 Å². The van der Waals surface area contributed by atoms with Crippen LogP contribution in [0.4, 0.5) is 4.39 Å². The van der Waals surface area contributed by atoms with E-state index in [0.717, 1.165) is 12.8 Å². The van der Waals surface area contributed by atoms with E-state index in [4.69, 9.17) is 4.74 Å². The average Bonchev–Trinajstić information content (AvgIpc) is 2.92. The molecule has 0 amide bonds. The molecule has 1 rings (SSSR count). The predicted molar refractivity (Wildman–Crippen MR) is 106 cm³/mol. The van der Waals surface area contributed by atoms with E-state index in [0.29, 0.717) is 12.0 Å². The van der Waals surface area contributed by atoms with E-state index in [1.54, 1.807) is 27.0 Å². The van der Waals surface area contributed by atoms with Crippen molar-refractivity contribution in [3.05, 3.63) is 23.3 Å². The molecule has 1 N–H and O–H groups in total. The number of carbonyl (C=O) groups excluding carboxylic acids is 1. The van der Waals surface area contributed by atoms with Crippen molar-refractivity contribution >= 4 is 5.97 Å². The van der Waals surface area contributed by atoms with E-state index in [1.165, 1.54) is 57.8 Å². The monoisotopic (exact) mass is 367 g/mol. The molecule has 0 aliphatic heterocycles. The number of hydrogen-bond donors (Lipinski definition) is 1. The van der Waals surface area contributed by atoms with Gasteiger partial charge in [0.05, 0.1) is 0 Å². The lowest BCUT2D eigenvalue weighted by molar-refractivity contribution is 0.00586. The highest BCUT2D eigenvalue weighted by molar-refractivity contribution is 5.88. The highest BCUT2D eigenvalue weighted by Gasteiger charge is 2.23. The highest BCUT2D eigenvalue weighted by atomic mass is 19.1. The standard InChI is InChI=1S/C22H38FNO2/c1-5-6-7-8-9-10-11-12-13-14-15-16-18-17-24-20(19(18)23)21(25)26-22(2,3)4/h17,24H,5-16H2,1-4H3. The summed E-state index contributed by atoms with van der Waals surface area (Å²) in [4.78, 5) is 14.7. The quantitative estimate of drug-likeness (QED) is 0.302. The van der Waals surface area contributed by atoms with Crippen LogP contribution in [0.3, 0.4) is 0 Å². The molecule has 0 saturated carbocycles. The number of esters is 1. The molecule has 0 bridgehead atoms. The number of aromatic amines is 1. The normalized spacial score (nSPS) is 11.7. The van der Waals surface area contributed by atoms with Crippen molar-refractivity contribution in [3.8, 4) is 0 Å². The van der Waals surface area contributed by atoms with Crippen molar-refractivity contribution in [3.63, 3.8) is 0 Å². The first-order valence-electron chi connectivity index (χ1n) is 10.4. The minimum atomic E-state index is -0.625. The van der Waals surface area contributed by atoms with Gasteiger partial charge in [-0.25, -0.2) is 9.18 Å². The lowest BCUT2D eigenvalue weighted by Gasteiger charge is -2.18. The Morgan fingerprint density at radius 2 is 1.46 bits per heavy atom. The zero-order chi connectivity index (χ0) is 19.4. The smallest absolute Gasteiger partial charge is 0.358 e. The van der Waals surface area contributed by atoms with Crippen molar-refractivity contribution in [2.45, 2.75) is 110 Å². The van der Waals surface area contributed by atoms with Crippen LogP contribution in [0, 0.1) is 5.82 Å². The number of nitrogens with one attached hydrogen (secondary N) is 1. The summed E-state index contributed by atoms with van der Waals surface area (Å²) in [6.07, 6.45) is 16.3. The van der Waals surface area contributed by atoms with Gasteiger partial charge in [0.2, 0.25) is 0 Å². The minimum Gasteiger partial charge on any atom is -0.455 e. The van der Waals surface area contributed by atoms with Gasteiger partial charge >= 0.3 is 5.97 Å². The fraction of sp³-hybridized carbons (Fsp3) is 0.773. The number of H-pyrrole nitrogens is 1. The van der Waals surface area contributed by atoms with Gasteiger partial charge < -0.3 is 9.72 Å². The van der Waals surface area contributed by atoms with Gasteiger partial charge in [-0.15, -0.1) is 0 Å². The third-order valence-electron chi connectivity index (χ3n) is 4.54. The Morgan fingerprint density at radius 1 is 0.962 bits per heavy atom. The lowest BCUT2D eigenvalue weighted by atomic mass is 10.0. The lowest BCUT2D eigenvalue weighted by Crippen LogP contribution is -2.24. The van der Waals surface area contributed by atoms with Gasteiger partial charge in [-0.1, -0.05) is 71.1 Å². The first kappa shape index (κ1) is 22.7. The molecule has 0 aliphatic carbocycles. The van der Waals surface area contributed by atoms with Crippen molar-refractivity contribution < 1.29 is 13.9 Å². The number of rotatable bonds is 13. The molecular weight excluding hydrogens is 329 g/mol. The first-order valence-corrected chi connectivity index (χ1v) is 10.4. The fourth-order valence-corrected chi connectivity index (χ4v) is 3.09. The maximum Gasteiger partial charge on any atom is 0.358 e. The molecule has 0 radical (unpaired) electrons. The molecule has 1 heterocycles. The molecule has 4 heteroatoms. The molecule has 0 fully saturated rings. The SMILES string of the molecule is CCCCCCCCCCCCCc1c[nH]c(C(=O)OC(C)(C)C)c1F. The Kier molecular flexibility index (Phi) is 10.6. The van der Waals surface area contributed by atoms with Crippen LogP contribution in [0.25, 0.3) is 0 Å². The summed E-state index contributed by atoms with van der Waals surface area (Å²) in [7, 11) is 0. The molecule has 0 spiro atoms. The molecule has 0 saturated heterocycles. The summed E-state index contributed by atoms with van der Waals surface area (Å²) in [6, 6.07) is 0. The Labute approximate surface area is 159 Å². The van der Waals surface area contributed by atoms with Gasteiger partial charge in [0.1, 0.15) is 5.60 Å². The maximum absolute atomic E-state index is 14.3. The van der Waals surface area contributed by atoms with Gasteiger partial charge in [0, 0.05) is 11.8 Å². The summed E-state index contributed by atoms with van der Waals surface area (Å²) in [6.45, 7) is 7.57. The van der Waals surface area contributed by atoms with Gasteiger partial charge in [-0.2, -0.15) is 0 Å². The molecule has 0 atom stereocenters. The average molecular weight is 368 g/mol. The molecule has 1 aromatic rings.